The summed E-state index contributed by atoms with van der Waals surface area (Å²) in [5.74, 6) is 1.52. The molecule has 2 aromatic rings. The third-order valence-corrected chi connectivity index (χ3v) is 7.28. The molecule has 7 heteroatoms. The fourth-order valence-corrected chi connectivity index (χ4v) is 5.67. The third-order valence-electron chi connectivity index (χ3n) is 7.28. The second-order valence-electron chi connectivity index (χ2n) is 9.82. The fourth-order valence-electron chi connectivity index (χ4n) is 5.67. The number of aryl methyl sites for hydroxylation is 2. The monoisotopic (exact) mass is 441 g/mol. The van der Waals surface area contributed by atoms with Crippen molar-refractivity contribution < 1.29 is 9.18 Å². The number of hydrogen-bond donors (Lipinski definition) is 1. The minimum Gasteiger partial charge on any atom is -0.353 e. The lowest BCUT2D eigenvalue weighted by molar-refractivity contribution is -0.122. The number of nitrogens with one attached hydrogen (secondary N) is 1. The zero-order valence-electron chi connectivity index (χ0n) is 19.6. The number of likely N-dealkylation sites (tertiary alicyclic amines) is 1. The van der Waals surface area contributed by atoms with Crippen LogP contribution in [0.25, 0.3) is 0 Å². The number of amides is 1. The SMILES string of the molecule is Cc1nc(C)n(C(C)CC(=O)NC2CCN(CC3(c4cccc(F)c4)CCCC3)CC2)n1. The molecule has 2 aliphatic rings. The summed E-state index contributed by atoms with van der Waals surface area (Å²) in [5, 5.41) is 7.63. The van der Waals surface area contributed by atoms with Crippen LogP contribution in [0.15, 0.2) is 24.3 Å². The molecule has 1 unspecified atom stereocenters. The molecule has 1 aromatic carbocycles. The standard InChI is InChI=1S/C25H36FN5O/c1-18(31-20(3)27-19(2)29-31)15-24(32)28-23-9-13-30(14-10-23)17-25(11-4-5-12-25)21-7-6-8-22(26)16-21/h6-8,16,18,23H,4-5,9-15,17H2,1-3H3,(H,28,32). The first-order valence-corrected chi connectivity index (χ1v) is 12.0. The summed E-state index contributed by atoms with van der Waals surface area (Å²) < 4.78 is 15.7. The Hall–Kier alpha value is -2.28. The van der Waals surface area contributed by atoms with Gasteiger partial charge in [0.15, 0.2) is 0 Å². The van der Waals surface area contributed by atoms with Gasteiger partial charge >= 0.3 is 0 Å². The minimum absolute atomic E-state index is 0.00946. The Balaban J connectivity index is 1.28. The molecule has 1 saturated heterocycles. The Morgan fingerprint density at radius 2 is 1.97 bits per heavy atom. The van der Waals surface area contributed by atoms with Crippen LogP contribution in [-0.4, -0.2) is 51.2 Å². The maximum Gasteiger partial charge on any atom is 0.222 e. The number of carbonyl (C=O) groups excluding carboxylic acids is 1. The molecule has 1 aliphatic heterocycles. The summed E-state index contributed by atoms with van der Waals surface area (Å²) in [5.41, 5.74) is 1.22. The summed E-state index contributed by atoms with van der Waals surface area (Å²) in [6.07, 6.45) is 7.02. The lowest BCUT2D eigenvalue weighted by atomic mass is 9.78. The lowest BCUT2D eigenvalue weighted by Gasteiger charge is -2.39. The van der Waals surface area contributed by atoms with Gasteiger partial charge in [-0.25, -0.2) is 14.1 Å². The topological polar surface area (TPSA) is 63.1 Å². The van der Waals surface area contributed by atoms with Crippen LogP contribution in [0.2, 0.25) is 0 Å². The van der Waals surface area contributed by atoms with Gasteiger partial charge in [0.25, 0.3) is 0 Å². The van der Waals surface area contributed by atoms with Crippen LogP contribution in [0.3, 0.4) is 0 Å². The highest BCUT2D eigenvalue weighted by Crippen LogP contribution is 2.42. The van der Waals surface area contributed by atoms with Crippen molar-refractivity contribution in [3.05, 3.63) is 47.3 Å². The molecule has 0 bridgehead atoms. The van der Waals surface area contributed by atoms with Crippen LogP contribution < -0.4 is 5.32 Å². The van der Waals surface area contributed by atoms with E-state index in [-0.39, 0.29) is 29.2 Å². The van der Waals surface area contributed by atoms with Gasteiger partial charge in [-0.2, -0.15) is 5.10 Å². The molecule has 4 rings (SSSR count). The highest BCUT2D eigenvalue weighted by molar-refractivity contribution is 5.76. The van der Waals surface area contributed by atoms with Gasteiger partial charge in [-0.1, -0.05) is 25.0 Å². The second-order valence-corrected chi connectivity index (χ2v) is 9.82. The van der Waals surface area contributed by atoms with E-state index in [0.717, 1.165) is 62.5 Å². The van der Waals surface area contributed by atoms with Crippen LogP contribution in [0.4, 0.5) is 4.39 Å². The van der Waals surface area contributed by atoms with Crippen LogP contribution in [-0.2, 0) is 10.2 Å². The predicted octanol–water partition coefficient (Wildman–Crippen LogP) is 4.08. The molecule has 6 nitrogen and oxygen atoms in total. The molecule has 1 atom stereocenters. The van der Waals surface area contributed by atoms with Crippen LogP contribution in [0.1, 0.15) is 75.1 Å². The summed E-state index contributed by atoms with van der Waals surface area (Å²) >= 11 is 0. The van der Waals surface area contributed by atoms with E-state index in [1.54, 1.807) is 6.07 Å². The molecule has 0 spiro atoms. The minimum atomic E-state index is -0.138. The lowest BCUT2D eigenvalue weighted by Crippen LogP contribution is -2.48. The smallest absolute Gasteiger partial charge is 0.222 e. The number of carbonyl (C=O) groups is 1. The molecule has 1 N–H and O–H groups in total. The molecule has 1 aliphatic carbocycles. The van der Waals surface area contributed by atoms with E-state index in [4.69, 9.17) is 0 Å². The van der Waals surface area contributed by atoms with E-state index in [1.165, 1.54) is 18.9 Å². The first kappa shape index (κ1) is 22.9. The molecular weight excluding hydrogens is 405 g/mol. The second kappa shape index (κ2) is 9.69. The van der Waals surface area contributed by atoms with Crippen molar-refractivity contribution in [1.82, 2.24) is 25.0 Å². The van der Waals surface area contributed by atoms with E-state index >= 15 is 0 Å². The Kier molecular flexibility index (Phi) is 6.93. The van der Waals surface area contributed by atoms with Gasteiger partial charge in [-0.05, 0) is 64.2 Å². The number of aromatic nitrogens is 3. The number of halogens is 1. The van der Waals surface area contributed by atoms with Crippen molar-refractivity contribution in [2.75, 3.05) is 19.6 Å². The third kappa shape index (κ3) is 5.20. The zero-order valence-corrected chi connectivity index (χ0v) is 19.6. The molecule has 2 heterocycles. The predicted molar refractivity (Wildman–Crippen MR) is 123 cm³/mol. The zero-order chi connectivity index (χ0) is 22.7. The Morgan fingerprint density at radius 3 is 2.59 bits per heavy atom. The number of nitrogens with zero attached hydrogens (tertiary/aromatic N) is 4. The Labute approximate surface area is 190 Å². The van der Waals surface area contributed by atoms with E-state index in [2.05, 4.69) is 26.4 Å². The van der Waals surface area contributed by atoms with Crippen molar-refractivity contribution in [2.45, 2.75) is 83.2 Å². The molecule has 32 heavy (non-hydrogen) atoms. The Bertz CT molecular complexity index is 928. The maximum atomic E-state index is 13.9. The molecule has 2 fully saturated rings. The first-order chi connectivity index (χ1) is 15.3. The molecule has 174 valence electrons. The van der Waals surface area contributed by atoms with Gasteiger partial charge in [-0.3, -0.25) is 4.79 Å². The first-order valence-electron chi connectivity index (χ1n) is 12.0. The number of piperidine rings is 1. The van der Waals surface area contributed by atoms with Gasteiger partial charge in [0.05, 0.1) is 6.04 Å². The highest BCUT2D eigenvalue weighted by atomic mass is 19.1. The van der Waals surface area contributed by atoms with Crippen molar-refractivity contribution >= 4 is 5.91 Å². The molecule has 1 amide bonds. The van der Waals surface area contributed by atoms with Crippen molar-refractivity contribution in [3.8, 4) is 0 Å². The van der Waals surface area contributed by atoms with Crippen molar-refractivity contribution in [1.29, 1.82) is 0 Å². The summed E-state index contributed by atoms with van der Waals surface area (Å²) in [7, 11) is 0. The quantitative estimate of drug-likeness (QED) is 0.703. The molecule has 1 aromatic heterocycles. The Morgan fingerprint density at radius 1 is 1.25 bits per heavy atom. The van der Waals surface area contributed by atoms with E-state index < -0.39 is 0 Å². The van der Waals surface area contributed by atoms with Gasteiger partial charge < -0.3 is 10.2 Å². The number of rotatable bonds is 7. The van der Waals surface area contributed by atoms with Crippen molar-refractivity contribution in [3.63, 3.8) is 0 Å². The normalized spacial score (nSPS) is 20.4. The van der Waals surface area contributed by atoms with Gasteiger partial charge in [0.2, 0.25) is 5.91 Å². The van der Waals surface area contributed by atoms with E-state index in [1.807, 2.05) is 31.5 Å². The fraction of sp³-hybridized carbons (Fsp3) is 0.640. The molecule has 1 saturated carbocycles. The van der Waals surface area contributed by atoms with Crippen LogP contribution in [0, 0.1) is 19.7 Å². The van der Waals surface area contributed by atoms with Crippen molar-refractivity contribution in [2.24, 2.45) is 0 Å². The van der Waals surface area contributed by atoms with Gasteiger partial charge in [-0.15, -0.1) is 0 Å². The molecular formula is C25H36FN5O. The summed E-state index contributed by atoms with van der Waals surface area (Å²) in [6, 6.07) is 7.42. The van der Waals surface area contributed by atoms with Gasteiger partial charge in [0, 0.05) is 37.5 Å². The highest BCUT2D eigenvalue weighted by Gasteiger charge is 2.38. The summed E-state index contributed by atoms with van der Waals surface area (Å²) in [6.45, 7) is 8.73. The number of hydrogen-bond acceptors (Lipinski definition) is 4. The average molecular weight is 442 g/mol. The molecule has 0 radical (unpaired) electrons. The van der Waals surface area contributed by atoms with Crippen LogP contribution >= 0.6 is 0 Å². The number of benzene rings is 1. The van der Waals surface area contributed by atoms with E-state index in [0.29, 0.717) is 6.42 Å². The maximum absolute atomic E-state index is 13.9. The van der Waals surface area contributed by atoms with E-state index in [9.17, 15) is 9.18 Å². The van der Waals surface area contributed by atoms with Gasteiger partial charge in [0.1, 0.15) is 17.5 Å². The van der Waals surface area contributed by atoms with Crippen LogP contribution in [0.5, 0.6) is 0 Å². The summed E-state index contributed by atoms with van der Waals surface area (Å²) in [4.78, 5) is 19.5. The average Bonchev–Trinajstić information content (AvgIpc) is 3.36. The largest absolute Gasteiger partial charge is 0.353 e.